The van der Waals surface area contributed by atoms with Crippen molar-refractivity contribution in [2.75, 3.05) is 31.1 Å². The summed E-state index contributed by atoms with van der Waals surface area (Å²) >= 11 is 0. The Bertz CT molecular complexity index is 1390. The van der Waals surface area contributed by atoms with E-state index in [4.69, 9.17) is 0 Å². The Kier molecular flexibility index (Phi) is 4.33. The van der Waals surface area contributed by atoms with E-state index in [-0.39, 0.29) is 0 Å². The number of nitrogens with zero attached hydrogens (tertiary/aromatic N) is 3. The van der Waals surface area contributed by atoms with Crippen LogP contribution in [0.4, 0.5) is 5.69 Å². The molecule has 2 aliphatic heterocycles. The predicted octanol–water partition coefficient (Wildman–Crippen LogP) is 4.32. The fourth-order valence-corrected chi connectivity index (χ4v) is 6.90. The van der Waals surface area contributed by atoms with Gasteiger partial charge in [0, 0.05) is 42.6 Å². The van der Waals surface area contributed by atoms with Crippen LogP contribution in [0.5, 0.6) is 0 Å². The first kappa shape index (κ1) is 18.9. The highest BCUT2D eigenvalue weighted by Gasteiger charge is 2.32. The third-order valence-corrected chi connectivity index (χ3v) is 8.60. The maximum atomic E-state index is 13.9. The first-order chi connectivity index (χ1) is 15.1. The summed E-state index contributed by atoms with van der Waals surface area (Å²) in [4.78, 5) is 5.30. The highest BCUT2D eigenvalue weighted by atomic mass is 32.2. The fraction of sp³-hybridized carbons (Fsp3) is 0.280. The number of piperazine rings is 1. The molecule has 0 N–H and O–H groups in total. The summed E-state index contributed by atoms with van der Waals surface area (Å²) in [5.74, 6) is 0. The van der Waals surface area contributed by atoms with Gasteiger partial charge in [0.25, 0.3) is 10.0 Å². The highest BCUT2D eigenvalue weighted by Crippen LogP contribution is 2.35. The number of rotatable bonds is 3. The normalized spacial score (nSPS) is 19.9. The summed E-state index contributed by atoms with van der Waals surface area (Å²) in [6, 6.07) is 21.6. The van der Waals surface area contributed by atoms with Gasteiger partial charge in [-0.1, -0.05) is 54.6 Å². The molecular weight excluding hydrogens is 406 g/mol. The lowest BCUT2D eigenvalue weighted by atomic mass is 10.1. The number of fused-ring (bicyclic) bond motifs is 3. The molecule has 0 bridgehead atoms. The lowest BCUT2D eigenvalue weighted by Crippen LogP contribution is -2.50. The summed E-state index contributed by atoms with van der Waals surface area (Å²) in [7, 11) is -3.75. The van der Waals surface area contributed by atoms with Crippen molar-refractivity contribution in [2.45, 2.75) is 23.8 Å². The van der Waals surface area contributed by atoms with Crippen molar-refractivity contribution >= 4 is 37.4 Å². The van der Waals surface area contributed by atoms with Gasteiger partial charge in [0.15, 0.2) is 0 Å². The summed E-state index contributed by atoms with van der Waals surface area (Å²) in [5, 5.41) is 2.68. The van der Waals surface area contributed by atoms with Gasteiger partial charge in [0.2, 0.25) is 0 Å². The van der Waals surface area contributed by atoms with E-state index >= 15 is 0 Å². The Balaban J connectivity index is 1.51. The van der Waals surface area contributed by atoms with Crippen molar-refractivity contribution in [1.82, 2.24) is 8.87 Å². The Morgan fingerprint density at radius 2 is 1.58 bits per heavy atom. The monoisotopic (exact) mass is 431 g/mol. The summed E-state index contributed by atoms with van der Waals surface area (Å²) in [6.07, 6.45) is 4.32. The second kappa shape index (κ2) is 7.11. The Morgan fingerprint density at radius 1 is 0.806 bits per heavy atom. The zero-order valence-electron chi connectivity index (χ0n) is 17.3. The minimum Gasteiger partial charge on any atom is -0.367 e. The van der Waals surface area contributed by atoms with Crippen LogP contribution >= 0.6 is 0 Å². The van der Waals surface area contributed by atoms with E-state index in [2.05, 4.69) is 9.80 Å². The van der Waals surface area contributed by atoms with E-state index in [1.54, 1.807) is 6.07 Å². The predicted molar refractivity (Wildman–Crippen MR) is 125 cm³/mol. The highest BCUT2D eigenvalue weighted by molar-refractivity contribution is 7.90. The molecule has 5 nitrogen and oxygen atoms in total. The smallest absolute Gasteiger partial charge is 0.268 e. The maximum absolute atomic E-state index is 13.9. The molecule has 0 radical (unpaired) electrons. The molecule has 2 fully saturated rings. The van der Waals surface area contributed by atoms with E-state index in [1.807, 2.05) is 66.9 Å². The van der Waals surface area contributed by atoms with E-state index < -0.39 is 10.0 Å². The molecule has 2 saturated heterocycles. The molecule has 4 aromatic rings. The molecule has 0 amide bonds. The average molecular weight is 432 g/mol. The van der Waals surface area contributed by atoms with Crippen molar-refractivity contribution in [2.24, 2.45) is 0 Å². The van der Waals surface area contributed by atoms with Crippen molar-refractivity contribution < 1.29 is 8.42 Å². The van der Waals surface area contributed by atoms with Crippen molar-refractivity contribution in [3.05, 3.63) is 72.9 Å². The minimum atomic E-state index is -3.75. The van der Waals surface area contributed by atoms with E-state index in [0.29, 0.717) is 10.9 Å². The van der Waals surface area contributed by atoms with Crippen LogP contribution in [-0.2, 0) is 10.0 Å². The third-order valence-electron chi connectivity index (χ3n) is 6.87. The van der Waals surface area contributed by atoms with Crippen molar-refractivity contribution in [3.63, 3.8) is 0 Å². The molecule has 1 aromatic heterocycles. The van der Waals surface area contributed by atoms with Crippen LogP contribution in [0.15, 0.2) is 77.8 Å². The molecule has 1 unspecified atom stereocenters. The van der Waals surface area contributed by atoms with Crippen LogP contribution < -0.4 is 4.90 Å². The molecular formula is C25H25N3O2S. The lowest BCUT2D eigenvalue weighted by Gasteiger charge is -2.38. The number of benzene rings is 3. The Hall–Kier alpha value is -2.83. The second-order valence-electron chi connectivity index (χ2n) is 8.59. The average Bonchev–Trinajstić information content (AvgIpc) is 3.43. The van der Waals surface area contributed by atoms with Gasteiger partial charge in [-0.25, -0.2) is 12.4 Å². The zero-order chi connectivity index (χ0) is 21.0. The van der Waals surface area contributed by atoms with Crippen molar-refractivity contribution in [1.29, 1.82) is 0 Å². The zero-order valence-corrected chi connectivity index (χ0v) is 18.1. The van der Waals surface area contributed by atoms with Gasteiger partial charge in [-0.3, -0.25) is 4.90 Å². The minimum absolute atomic E-state index is 0.346. The second-order valence-corrected chi connectivity index (χ2v) is 10.4. The van der Waals surface area contributed by atoms with Crippen LogP contribution in [0.2, 0.25) is 0 Å². The van der Waals surface area contributed by atoms with Gasteiger partial charge >= 0.3 is 0 Å². The van der Waals surface area contributed by atoms with E-state index in [9.17, 15) is 8.42 Å². The number of anilines is 1. The molecule has 6 rings (SSSR count). The molecule has 0 aliphatic carbocycles. The molecule has 2 aliphatic rings. The third kappa shape index (κ3) is 2.97. The quantitative estimate of drug-likeness (QED) is 0.485. The Labute approximate surface area is 182 Å². The fourth-order valence-electron chi connectivity index (χ4n) is 5.32. The van der Waals surface area contributed by atoms with Crippen LogP contribution in [0.3, 0.4) is 0 Å². The van der Waals surface area contributed by atoms with E-state index in [0.717, 1.165) is 47.0 Å². The van der Waals surface area contributed by atoms with Gasteiger partial charge in [-0.05, 0) is 36.9 Å². The van der Waals surface area contributed by atoms with Crippen LogP contribution in [0, 0.1) is 0 Å². The van der Waals surface area contributed by atoms with E-state index in [1.165, 1.54) is 23.4 Å². The molecule has 1 atom stereocenters. The number of hydrogen-bond donors (Lipinski definition) is 0. The molecule has 158 valence electrons. The SMILES string of the molecule is O=S(=O)(c1cccc2ccccc12)n1cc(N2CCN3CCCC3C2)c2ccccc21. The molecule has 0 saturated carbocycles. The summed E-state index contributed by atoms with van der Waals surface area (Å²) < 4.78 is 29.2. The summed E-state index contributed by atoms with van der Waals surface area (Å²) in [5.41, 5.74) is 1.75. The standard InChI is InChI=1S/C25H25N3O2S/c29-31(30,25-13-5-8-19-7-1-2-10-21(19)25)28-18-24(22-11-3-4-12-23(22)28)27-16-15-26-14-6-9-20(26)17-27/h1-5,7-8,10-13,18,20H,6,9,14-17H2. The molecule has 3 aromatic carbocycles. The molecule has 0 spiro atoms. The molecule has 31 heavy (non-hydrogen) atoms. The number of aromatic nitrogens is 1. The van der Waals surface area contributed by atoms with Gasteiger partial charge in [0.1, 0.15) is 0 Å². The van der Waals surface area contributed by atoms with Gasteiger partial charge in [0.05, 0.1) is 16.1 Å². The topological polar surface area (TPSA) is 45.6 Å². The van der Waals surface area contributed by atoms with Crippen molar-refractivity contribution in [3.8, 4) is 0 Å². The largest absolute Gasteiger partial charge is 0.367 e. The van der Waals surface area contributed by atoms with Crippen LogP contribution in [0.1, 0.15) is 12.8 Å². The first-order valence-electron chi connectivity index (χ1n) is 11.0. The Morgan fingerprint density at radius 3 is 2.48 bits per heavy atom. The molecule has 3 heterocycles. The number of para-hydroxylation sites is 1. The summed E-state index contributed by atoms with van der Waals surface area (Å²) in [6.45, 7) is 4.12. The van der Waals surface area contributed by atoms with Gasteiger partial charge < -0.3 is 4.90 Å². The van der Waals surface area contributed by atoms with Gasteiger partial charge in [-0.2, -0.15) is 0 Å². The lowest BCUT2D eigenvalue weighted by molar-refractivity contribution is 0.231. The van der Waals surface area contributed by atoms with Crippen LogP contribution in [-0.4, -0.2) is 49.5 Å². The van der Waals surface area contributed by atoms with Gasteiger partial charge in [-0.15, -0.1) is 0 Å². The first-order valence-corrected chi connectivity index (χ1v) is 12.4. The number of hydrogen-bond acceptors (Lipinski definition) is 4. The molecule has 6 heteroatoms. The maximum Gasteiger partial charge on any atom is 0.268 e. The van der Waals surface area contributed by atoms with Crippen LogP contribution in [0.25, 0.3) is 21.7 Å².